The number of nitrogens with zero attached hydrogens (tertiary/aromatic N) is 2. The molecule has 1 fully saturated rings. The number of piperazine rings is 1. The lowest BCUT2D eigenvalue weighted by molar-refractivity contribution is 0.0956. The Labute approximate surface area is 210 Å². The molecule has 2 aromatic rings. The quantitative estimate of drug-likeness (QED) is 0.468. The van der Waals surface area contributed by atoms with E-state index in [1.54, 1.807) is 23.0 Å². The minimum atomic E-state index is -3.11. The van der Waals surface area contributed by atoms with Gasteiger partial charge in [0.1, 0.15) is 0 Å². The highest BCUT2D eigenvalue weighted by molar-refractivity contribution is 7.98. The highest BCUT2D eigenvalue weighted by atomic mass is 35.5. The maximum Gasteiger partial charge on any atom is 0.251 e. The van der Waals surface area contributed by atoms with Gasteiger partial charge in [-0.3, -0.25) is 9.69 Å². The summed E-state index contributed by atoms with van der Waals surface area (Å²) in [7, 11) is -3.11. The number of halogens is 2. The molecule has 0 aliphatic carbocycles. The van der Waals surface area contributed by atoms with Crippen LogP contribution in [0.1, 0.15) is 28.4 Å². The molecule has 1 heterocycles. The van der Waals surface area contributed by atoms with Gasteiger partial charge in [0, 0.05) is 66.4 Å². The van der Waals surface area contributed by atoms with Crippen molar-refractivity contribution < 1.29 is 13.2 Å². The first-order chi connectivity index (χ1) is 15.8. The van der Waals surface area contributed by atoms with E-state index in [2.05, 4.69) is 10.2 Å². The summed E-state index contributed by atoms with van der Waals surface area (Å²) in [5.74, 6) is 1.49. The Morgan fingerprint density at radius 1 is 1.03 bits per heavy atom. The topological polar surface area (TPSA) is 69.7 Å². The Hall–Kier alpha value is -1.29. The van der Waals surface area contributed by atoms with Crippen molar-refractivity contribution in [3.8, 4) is 0 Å². The SMILES string of the molecule is CCS(=O)(=O)N1CCN(Cc2ccc(C(=O)NCCSCc3c(Cl)cccc3Cl)cc2)CC1. The van der Waals surface area contributed by atoms with E-state index in [9.17, 15) is 13.2 Å². The standard InChI is InChI=1S/C23H29Cl2N3O3S2/c1-2-33(30,31)28-13-11-27(12-14-28)16-18-6-8-19(9-7-18)23(29)26-10-15-32-17-20-21(24)4-3-5-22(20)25/h3-9H,2,10-17H2,1H3,(H,26,29). The molecule has 0 atom stereocenters. The molecule has 0 unspecified atom stereocenters. The molecule has 1 aliphatic heterocycles. The first-order valence-electron chi connectivity index (χ1n) is 10.9. The van der Waals surface area contributed by atoms with Crippen molar-refractivity contribution in [3.05, 3.63) is 69.2 Å². The molecular formula is C23H29Cl2N3O3S2. The van der Waals surface area contributed by atoms with E-state index in [0.29, 0.717) is 54.1 Å². The first-order valence-corrected chi connectivity index (χ1v) is 14.4. The van der Waals surface area contributed by atoms with Crippen LogP contribution in [0.2, 0.25) is 10.0 Å². The maximum absolute atomic E-state index is 12.4. The molecule has 0 saturated carbocycles. The number of carbonyl (C=O) groups is 1. The third-order valence-electron chi connectivity index (χ3n) is 5.55. The van der Waals surface area contributed by atoms with Crippen LogP contribution in [-0.4, -0.2) is 67.8 Å². The zero-order valence-corrected chi connectivity index (χ0v) is 21.7. The fraction of sp³-hybridized carbons (Fsp3) is 0.435. The van der Waals surface area contributed by atoms with Crippen LogP contribution in [-0.2, 0) is 22.3 Å². The number of benzene rings is 2. The van der Waals surface area contributed by atoms with Gasteiger partial charge in [0.25, 0.3) is 5.91 Å². The molecule has 1 aliphatic rings. The lowest BCUT2D eigenvalue weighted by Gasteiger charge is -2.33. The molecule has 0 aromatic heterocycles. The fourth-order valence-electron chi connectivity index (χ4n) is 3.55. The Bertz CT molecular complexity index is 1020. The van der Waals surface area contributed by atoms with Gasteiger partial charge < -0.3 is 5.32 Å². The molecule has 33 heavy (non-hydrogen) atoms. The van der Waals surface area contributed by atoms with Crippen LogP contribution in [0.5, 0.6) is 0 Å². The molecule has 1 N–H and O–H groups in total. The third kappa shape index (κ3) is 7.60. The van der Waals surface area contributed by atoms with Crippen LogP contribution in [0.25, 0.3) is 0 Å². The number of rotatable bonds is 10. The van der Waals surface area contributed by atoms with Crippen molar-refractivity contribution in [2.45, 2.75) is 19.2 Å². The summed E-state index contributed by atoms with van der Waals surface area (Å²) in [4.78, 5) is 14.6. The largest absolute Gasteiger partial charge is 0.351 e. The van der Waals surface area contributed by atoms with Gasteiger partial charge in [0.15, 0.2) is 0 Å². The molecule has 3 rings (SSSR count). The lowest BCUT2D eigenvalue weighted by Crippen LogP contribution is -2.48. The number of hydrogen-bond donors (Lipinski definition) is 1. The predicted octanol–water partition coefficient (Wildman–Crippen LogP) is 4.12. The number of amides is 1. The second kappa shape index (κ2) is 12.4. The van der Waals surface area contributed by atoms with Gasteiger partial charge in [0.2, 0.25) is 10.0 Å². The molecule has 1 amide bonds. The third-order valence-corrected chi connectivity index (χ3v) is 9.13. The van der Waals surface area contributed by atoms with Gasteiger partial charge in [-0.2, -0.15) is 16.1 Å². The Kier molecular flexibility index (Phi) is 9.91. The highest BCUT2D eigenvalue weighted by Crippen LogP contribution is 2.28. The highest BCUT2D eigenvalue weighted by Gasteiger charge is 2.25. The number of carbonyl (C=O) groups excluding carboxylic acids is 1. The van der Waals surface area contributed by atoms with Crippen LogP contribution in [0, 0.1) is 0 Å². The van der Waals surface area contributed by atoms with E-state index in [-0.39, 0.29) is 11.7 Å². The van der Waals surface area contributed by atoms with E-state index >= 15 is 0 Å². The van der Waals surface area contributed by atoms with Crippen molar-refractivity contribution in [2.75, 3.05) is 44.2 Å². The molecule has 0 bridgehead atoms. The van der Waals surface area contributed by atoms with E-state index in [1.165, 1.54) is 0 Å². The number of sulfonamides is 1. The van der Waals surface area contributed by atoms with Crippen molar-refractivity contribution in [3.63, 3.8) is 0 Å². The summed E-state index contributed by atoms with van der Waals surface area (Å²) in [5, 5.41) is 4.26. The van der Waals surface area contributed by atoms with Crippen LogP contribution in [0.4, 0.5) is 0 Å². The van der Waals surface area contributed by atoms with Crippen LogP contribution in [0.3, 0.4) is 0 Å². The van der Waals surface area contributed by atoms with Gasteiger partial charge in [-0.05, 0) is 42.3 Å². The van der Waals surface area contributed by atoms with Gasteiger partial charge in [0.05, 0.1) is 5.75 Å². The van der Waals surface area contributed by atoms with E-state index in [4.69, 9.17) is 23.2 Å². The normalized spacial score (nSPS) is 15.5. The zero-order valence-electron chi connectivity index (χ0n) is 18.6. The van der Waals surface area contributed by atoms with Crippen LogP contribution >= 0.6 is 35.0 Å². The number of hydrogen-bond acceptors (Lipinski definition) is 5. The summed E-state index contributed by atoms with van der Waals surface area (Å²) >= 11 is 14.0. The lowest BCUT2D eigenvalue weighted by atomic mass is 10.1. The maximum atomic E-state index is 12.4. The Morgan fingerprint density at radius 3 is 2.27 bits per heavy atom. The van der Waals surface area contributed by atoms with Crippen molar-refractivity contribution in [1.82, 2.24) is 14.5 Å². The smallest absolute Gasteiger partial charge is 0.251 e. The fourth-order valence-corrected chi connectivity index (χ4v) is 6.23. The summed E-state index contributed by atoms with van der Waals surface area (Å²) in [6.07, 6.45) is 0. The van der Waals surface area contributed by atoms with Crippen molar-refractivity contribution >= 4 is 50.9 Å². The number of nitrogens with one attached hydrogen (secondary N) is 1. The van der Waals surface area contributed by atoms with Crippen LogP contribution < -0.4 is 5.32 Å². The summed E-state index contributed by atoms with van der Waals surface area (Å²) < 4.78 is 25.5. The van der Waals surface area contributed by atoms with Crippen molar-refractivity contribution in [1.29, 1.82) is 0 Å². The average Bonchev–Trinajstić information content (AvgIpc) is 2.81. The summed E-state index contributed by atoms with van der Waals surface area (Å²) in [5.41, 5.74) is 2.64. The molecule has 2 aromatic carbocycles. The molecule has 180 valence electrons. The summed E-state index contributed by atoms with van der Waals surface area (Å²) in [6.45, 7) is 5.43. The van der Waals surface area contributed by atoms with Crippen LogP contribution in [0.15, 0.2) is 42.5 Å². The van der Waals surface area contributed by atoms with Gasteiger partial charge in [-0.25, -0.2) is 8.42 Å². The second-order valence-electron chi connectivity index (χ2n) is 7.78. The first kappa shape index (κ1) is 26.3. The molecular weight excluding hydrogens is 501 g/mol. The Balaban J connectivity index is 1.38. The molecule has 1 saturated heterocycles. The monoisotopic (exact) mass is 529 g/mol. The minimum Gasteiger partial charge on any atom is -0.351 e. The predicted molar refractivity (Wildman–Crippen MR) is 138 cm³/mol. The van der Waals surface area contributed by atoms with Gasteiger partial charge in [-0.1, -0.05) is 41.4 Å². The van der Waals surface area contributed by atoms with E-state index in [0.717, 1.165) is 23.4 Å². The van der Waals surface area contributed by atoms with E-state index in [1.807, 2.05) is 42.5 Å². The zero-order chi connectivity index (χ0) is 23.8. The number of thioether (sulfide) groups is 1. The summed E-state index contributed by atoms with van der Waals surface area (Å²) in [6, 6.07) is 13.1. The van der Waals surface area contributed by atoms with Gasteiger partial charge in [-0.15, -0.1) is 0 Å². The van der Waals surface area contributed by atoms with E-state index < -0.39 is 10.0 Å². The van der Waals surface area contributed by atoms with Crippen molar-refractivity contribution in [2.24, 2.45) is 0 Å². The molecule has 0 radical (unpaired) electrons. The average molecular weight is 531 g/mol. The van der Waals surface area contributed by atoms with Gasteiger partial charge >= 0.3 is 0 Å². The molecule has 0 spiro atoms. The Morgan fingerprint density at radius 2 is 1.67 bits per heavy atom. The second-order valence-corrected chi connectivity index (χ2v) is 12.0. The molecule has 10 heteroatoms. The molecule has 6 nitrogen and oxygen atoms in total. The minimum absolute atomic E-state index is 0.101.